The highest BCUT2D eigenvalue weighted by atomic mass is 32.1. The SMILES string of the molecule is Cc1ncc(CN[C@H](CCO)c2cccs2)n1-c1ccccc1. The quantitative estimate of drug-likeness (QED) is 0.699. The predicted molar refractivity (Wildman–Crippen MR) is 93.9 cm³/mol. The van der Waals surface area contributed by atoms with Crippen LogP contribution in [0.2, 0.25) is 0 Å². The summed E-state index contributed by atoms with van der Waals surface area (Å²) in [6, 6.07) is 14.6. The second kappa shape index (κ2) is 7.55. The number of benzene rings is 1. The number of hydrogen-bond acceptors (Lipinski definition) is 4. The van der Waals surface area contributed by atoms with Gasteiger partial charge in [-0.3, -0.25) is 4.57 Å². The van der Waals surface area contributed by atoms with Gasteiger partial charge in [0.15, 0.2) is 0 Å². The lowest BCUT2D eigenvalue weighted by molar-refractivity contribution is 0.265. The van der Waals surface area contributed by atoms with Crippen molar-refractivity contribution in [2.24, 2.45) is 0 Å². The van der Waals surface area contributed by atoms with E-state index in [1.807, 2.05) is 37.4 Å². The normalized spacial score (nSPS) is 12.4. The zero-order valence-electron chi connectivity index (χ0n) is 13.1. The van der Waals surface area contributed by atoms with Crippen molar-refractivity contribution in [1.29, 1.82) is 0 Å². The Morgan fingerprint density at radius 3 is 2.74 bits per heavy atom. The minimum atomic E-state index is 0.166. The number of aryl methyl sites for hydroxylation is 1. The van der Waals surface area contributed by atoms with Crippen LogP contribution >= 0.6 is 11.3 Å². The number of nitrogens with one attached hydrogen (secondary N) is 1. The van der Waals surface area contributed by atoms with Crippen molar-refractivity contribution in [3.63, 3.8) is 0 Å². The number of rotatable bonds is 7. The molecule has 2 N–H and O–H groups in total. The van der Waals surface area contributed by atoms with Gasteiger partial charge in [0.1, 0.15) is 5.82 Å². The van der Waals surface area contributed by atoms with Crippen molar-refractivity contribution in [3.05, 3.63) is 70.4 Å². The largest absolute Gasteiger partial charge is 0.396 e. The van der Waals surface area contributed by atoms with E-state index in [-0.39, 0.29) is 12.6 Å². The molecule has 120 valence electrons. The number of thiophene rings is 1. The second-order valence-electron chi connectivity index (χ2n) is 5.43. The molecule has 0 spiro atoms. The van der Waals surface area contributed by atoms with Gasteiger partial charge in [0.25, 0.3) is 0 Å². The maximum absolute atomic E-state index is 9.32. The maximum atomic E-state index is 9.32. The molecule has 4 nitrogen and oxygen atoms in total. The summed E-state index contributed by atoms with van der Waals surface area (Å²) in [7, 11) is 0. The van der Waals surface area contributed by atoms with Crippen LogP contribution in [-0.4, -0.2) is 21.3 Å². The van der Waals surface area contributed by atoms with Crippen LogP contribution in [0.1, 0.15) is 28.9 Å². The average molecular weight is 327 g/mol. The van der Waals surface area contributed by atoms with E-state index >= 15 is 0 Å². The van der Waals surface area contributed by atoms with E-state index in [2.05, 4.69) is 38.4 Å². The second-order valence-corrected chi connectivity index (χ2v) is 6.41. The van der Waals surface area contributed by atoms with Crippen LogP contribution in [0.15, 0.2) is 54.0 Å². The molecule has 0 amide bonds. The van der Waals surface area contributed by atoms with E-state index in [1.54, 1.807) is 11.3 Å². The molecule has 0 saturated carbocycles. The Hall–Kier alpha value is -1.95. The van der Waals surface area contributed by atoms with Gasteiger partial charge in [0, 0.05) is 29.8 Å². The average Bonchev–Trinajstić information content (AvgIpc) is 3.22. The van der Waals surface area contributed by atoms with Gasteiger partial charge in [0.2, 0.25) is 0 Å². The van der Waals surface area contributed by atoms with Crippen molar-refractivity contribution in [2.75, 3.05) is 6.61 Å². The topological polar surface area (TPSA) is 50.1 Å². The molecule has 5 heteroatoms. The molecule has 0 aliphatic rings. The fraction of sp³-hybridized carbons (Fsp3) is 0.278. The number of imidazole rings is 1. The van der Waals surface area contributed by atoms with Gasteiger partial charge in [0.05, 0.1) is 11.9 Å². The first-order valence-corrected chi connectivity index (χ1v) is 8.64. The highest BCUT2D eigenvalue weighted by molar-refractivity contribution is 7.10. The molecule has 1 atom stereocenters. The van der Waals surface area contributed by atoms with E-state index in [9.17, 15) is 5.11 Å². The third-order valence-electron chi connectivity index (χ3n) is 3.86. The zero-order chi connectivity index (χ0) is 16.1. The van der Waals surface area contributed by atoms with Gasteiger partial charge in [-0.05, 0) is 36.9 Å². The molecule has 0 radical (unpaired) electrons. The molecule has 0 aliphatic carbocycles. The summed E-state index contributed by atoms with van der Waals surface area (Å²) >= 11 is 1.72. The lowest BCUT2D eigenvalue weighted by atomic mass is 10.1. The third kappa shape index (κ3) is 3.69. The molecule has 2 heterocycles. The fourth-order valence-corrected chi connectivity index (χ4v) is 3.57. The molecule has 3 rings (SSSR count). The Morgan fingerprint density at radius 2 is 2.04 bits per heavy atom. The minimum absolute atomic E-state index is 0.166. The van der Waals surface area contributed by atoms with Gasteiger partial charge in [-0.1, -0.05) is 24.3 Å². The van der Waals surface area contributed by atoms with Crippen molar-refractivity contribution in [1.82, 2.24) is 14.9 Å². The molecule has 23 heavy (non-hydrogen) atoms. The summed E-state index contributed by atoms with van der Waals surface area (Å²) in [6.07, 6.45) is 2.62. The number of aromatic nitrogens is 2. The van der Waals surface area contributed by atoms with Gasteiger partial charge in [-0.2, -0.15) is 0 Å². The summed E-state index contributed by atoms with van der Waals surface area (Å²) in [5.74, 6) is 0.975. The van der Waals surface area contributed by atoms with Crippen molar-refractivity contribution >= 4 is 11.3 Å². The summed E-state index contributed by atoms with van der Waals surface area (Å²) in [5, 5.41) is 14.9. The fourth-order valence-electron chi connectivity index (χ4n) is 2.74. The predicted octanol–water partition coefficient (Wildman–Crippen LogP) is 3.46. The van der Waals surface area contributed by atoms with Crippen LogP contribution in [-0.2, 0) is 6.54 Å². The van der Waals surface area contributed by atoms with Gasteiger partial charge in [-0.15, -0.1) is 11.3 Å². The molecule has 3 aromatic rings. The first-order valence-electron chi connectivity index (χ1n) is 7.76. The van der Waals surface area contributed by atoms with Gasteiger partial charge in [-0.25, -0.2) is 4.98 Å². The minimum Gasteiger partial charge on any atom is -0.396 e. The van der Waals surface area contributed by atoms with Crippen LogP contribution in [0, 0.1) is 6.92 Å². The molecular weight excluding hydrogens is 306 g/mol. The Labute approximate surface area is 140 Å². The van der Waals surface area contributed by atoms with Crippen molar-refractivity contribution < 1.29 is 5.11 Å². The number of aliphatic hydroxyl groups excluding tert-OH is 1. The molecule has 1 aromatic carbocycles. The Morgan fingerprint density at radius 1 is 1.22 bits per heavy atom. The number of hydrogen-bond donors (Lipinski definition) is 2. The van der Waals surface area contributed by atoms with E-state index in [0.29, 0.717) is 13.0 Å². The first kappa shape index (κ1) is 15.9. The van der Waals surface area contributed by atoms with Gasteiger partial charge >= 0.3 is 0 Å². The number of nitrogens with zero attached hydrogens (tertiary/aromatic N) is 2. The van der Waals surface area contributed by atoms with E-state index in [1.165, 1.54) is 4.88 Å². The van der Waals surface area contributed by atoms with Gasteiger partial charge < -0.3 is 10.4 Å². The maximum Gasteiger partial charge on any atom is 0.110 e. The summed E-state index contributed by atoms with van der Waals surface area (Å²) in [5.41, 5.74) is 2.24. The Bertz CT molecular complexity index is 722. The molecule has 0 aliphatic heterocycles. The molecule has 2 aromatic heterocycles. The zero-order valence-corrected chi connectivity index (χ0v) is 14.0. The van der Waals surface area contributed by atoms with E-state index in [4.69, 9.17) is 0 Å². The van der Waals surface area contributed by atoms with Crippen molar-refractivity contribution in [3.8, 4) is 5.69 Å². The highest BCUT2D eigenvalue weighted by Gasteiger charge is 2.14. The summed E-state index contributed by atoms with van der Waals surface area (Å²) in [6.45, 7) is 2.89. The van der Waals surface area contributed by atoms with E-state index in [0.717, 1.165) is 17.2 Å². The number of para-hydroxylation sites is 1. The smallest absolute Gasteiger partial charge is 0.110 e. The molecule has 0 bridgehead atoms. The lowest BCUT2D eigenvalue weighted by Crippen LogP contribution is -2.22. The Balaban J connectivity index is 1.78. The van der Waals surface area contributed by atoms with Crippen LogP contribution < -0.4 is 5.32 Å². The third-order valence-corrected chi connectivity index (χ3v) is 4.85. The highest BCUT2D eigenvalue weighted by Crippen LogP contribution is 2.23. The van der Waals surface area contributed by atoms with Crippen LogP contribution in [0.25, 0.3) is 5.69 Å². The molecule has 0 saturated heterocycles. The molecule has 0 fully saturated rings. The summed E-state index contributed by atoms with van der Waals surface area (Å²) in [4.78, 5) is 5.71. The molecular formula is C18H21N3OS. The van der Waals surface area contributed by atoms with E-state index < -0.39 is 0 Å². The standard InChI is InChI=1S/C18H21N3OS/c1-14-19-12-16(21(14)15-6-3-2-4-7-15)13-20-17(9-10-22)18-8-5-11-23-18/h2-8,11-12,17,20,22H,9-10,13H2,1H3/t17-/m1/s1. The summed E-state index contributed by atoms with van der Waals surface area (Å²) < 4.78 is 2.16. The van der Waals surface area contributed by atoms with Crippen LogP contribution in [0.4, 0.5) is 0 Å². The monoisotopic (exact) mass is 327 g/mol. The first-order chi connectivity index (χ1) is 11.3. The number of aliphatic hydroxyl groups is 1. The van der Waals surface area contributed by atoms with Crippen LogP contribution in [0.5, 0.6) is 0 Å². The van der Waals surface area contributed by atoms with Crippen molar-refractivity contribution in [2.45, 2.75) is 25.9 Å². The molecule has 0 unspecified atom stereocenters. The lowest BCUT2D eigenvalue weighted by Gasteiger charge is -2.17. The Kier molecular flexibility index (Phi) is 5.23. The van der Waals surface area contributed by atoms with Crippen LogP contribution in [0.3, 0.4) is 0 Å².